The van der Waals surface area contributed by atoms with E-state index in [0.29, 0.717) is 26.1 Å². The molecule has 1 unspecified atom stereocenters. The summed E-state index contributed by atoms with van der Waals surface area (Å²) in [5.41, 5.74) is 2.01. The monoisotopic (exact) mass is 396 g/mol. The molecule has 1 aromatic carbocycles. The van der Waals surface area contributed by atoms with Gasteiger partial charge in [0.2, 0.25) is 11.8 Å². The highest BCUT2D eigenvalue weighted by Crippen LogP contribution is 2.28. The second-order valence-corrected chi connectivity index (χ2v) is 8.00. The average molecular weight is 397 g/mol. The molecule has 0 spiro atoms. The van der Waals surface area contributed by atoms with Crippen molar-refractivity contribution >= 4 is 35.0 Å². The van der Waals surface area contributed by atoms with E-state index < -0.39 is 0 Å². The first-order valence-electron chi connectivity index (χ1n) is 9.54. The fourth-order valence-electron chi connectivity index (χ4n) is 3.88. The fourth-order valence-corrected chi connectivity index (χ4v) is 4.29. The van der Waals surface area contributed by atoms with Crippen LogP contribution in [0.5, 0.6) is 0 Å². The van der Waals surface area contributed by atoms with Crippen molar-refractivity contribution in [3.05, 3.63) is 48.8 Å². The molecule has 146 valence electrons. The van der Waals surface area contributed by atoms with Crippen molar-refractivity contribution in [2.24, 2.45) is 5.92 Å². The summed E-state index contributed by atoms with van der Waals surface area (Å²) in [6.07, 6.45) is 5.90. The number of thioether (sulfide) groups is 1. The Labute approximate surface area is 169 Å². The number of hydrogen-bond acceptors (Lipinski definition) is 5. The van der Waals surface area contributed by atoms with Crippen LogP contribution in [0.15, 0.2) is 53.7 Å². The first-order chi connectivity index (χ1) is 13.7. The molecule has 3 heterocycles. The van der Waals surface area contributed by atoms with Gasteiger partial charge in [0.15, 0.2) is 0 Å². The van der Waals surface area contributed by atoms with Gasteiger partial charge >= 0.3 is 0 Å². The summed E-state index contributed by atoms with van der Waals surface area (Å²) < 4.78 is 0. The SMILES string of the molecule is CSc1ccc(N2CC(C(=O)N3CCN(c4ccncc4)CC3)CC2=O)cc1. The Morgan fingerprint density at radius 2 is 1.68 bits per heavy atom. The van der Waals surface area contributed by atoms with E-state index in [1.54, 1.807) is 29.1 Å². The average Bonchev–Trinajstić information content (AvgIpc) is 3.15. The second-order valence-electron chi connectivity index (χ2n) is 7.12. The first kappa shape index (κ1) is 18.8. The van der Waals surface area contributed by atoms with Crippen LogP contribution in [0.2, 0.25) is 0 Å². The van der Waals surface area contributed by atoms with E-state index >= 15 is 0 Å². The molecule has 2 aliphatic heterocycles. The molecule has 0 radical (unpaired) electrons. The lowest BCUT2D eigenvalue weighted by molar-refractivity contribution is -0.136. The Hall–Kier alpha value is -2.54. The minimum Gasteiger partial charge on any atom is -0.368 e. The summed E-state index contributed by atoms with van der Waals surface area (Å²) in [7, 11) is 0. The highest BCUT2D eigenvalue weighted by Gasteiger charge is 2.37. The van der Waals surface area contributed by atoms with E-state index in [0.717, 1.165) is 29.4 Å². The zero-order valence-corrected chi connectivity index (χ0v) is 16.8. The van der Waals surface area contributed by atoms with Gasteiger partial charge in [-0.1, -0.05) is 0 Å². The molecule has 2 fully saturated rings. The summed E-state index contributed by atoms with van der Waals surface area (Å²) in [6.45, 7) is 3.45. The van der Waals surface area contributed by atoms with Gasteiger partial charge in [0, 0.05) is 67.8 Å². The molecule has 0 N–H and O–H groups in total. The molecular formula is C21H24N4O2S. The molecule has 7 heteroatoms. The summed E-state index contributed by atoms with van der Waals surface area (Å²) in [5, 5.41) is 0. The lowest BCUT2D eigenvalue weighted by atomic mass is 10.1. The standard InChI is InChI=1S/C21H24N4O2S/c1-28-19-4-2-18(3-5-19)25-15-16(14-20(25)26)21(27)24-12-10-23(11-13-24)17-6-8-22-9-7-17/h2-9,16H,10-15H2,1H3. The van der Waals surface area contributed by atoms with Crippen LogP contribution in [0.3, 0.4) is 0 Å². The molecule has 0 bridgehead atoms. The second kappa shape index (κ2) is 8.22. The van der Waals surface area contributed by atoms with E-state index in [1.165, 1.54) is 0 Å². The van der Waals surface area contributed by atoms with E-state index in [1.807, 2.05) is 47.6 Å². The third kappa shape index (κ3) is 3.85. The molecule has 1 atom stereocenters. The maximum Gasteiger partial charge on any atom is 0.228 e. The van der Waals surface area contributed by atoms with Gasteiger partial charge in [-0.05, 0) is 42.7 Å². The number of pyridine rings is 1. The summed E-state index contributed by atoms with van der Waals surface area (Å²) >= 11 is 1.67. The normalized spacial score (nSPS) is 20.0. The predicted octanol–water partition coefficient (Wildman–Crippen LogP) is 2.51. The Morgan fingerprint density at radius 1 is 1.00 bits per heavy atom. The molecule has 28 heavy (non-hydrogen) atoms. The van der Waals surface area contributed by atoms with Gasteiger partial charge in [-0.15, -0.1) is 11.8 Å². The Balaban J connectivity index is 1.36. The van der Waals surface area contributed by atoms with E-state index in [2.05, 4.69) is 9.88 Å². The molecule has 0 aliphatic carbocycles. The van der Waals surface area contributed by atoms with Crippen molar-refractivity contribution < 1.29 is 9.59 Å². The van der Waals surface area contributed by atoms with Gasteiger partial charge in [0.25, 0.3) is 0 Å². The van der Waals surface area contributed by atoms with Crippen molar-refractivity contribution in [1.82, 2.24) is 9.88 Å². The number of amides is 2. The summed E-state index contributed by atoms with van der Waals surface area (Å²) in [6, 6.07) is 11.9. The third-order valence-corrected chi connectivity index (χ3v) is 6.22. The number of carbonyl (C=O) groups excluding carboxylic acids is 2. The van der Waals surface area contributed by atoms with Gasteiger partial charge in [-0.2, -0.15) is 0 Å². The smallest absolute Gasteiger partial charge is 0.228 e. The maximum absolute atomic E-state index is 13.0. The molecule has 4 rings (SSSR count). The molecule has 2 amide bonds. The minimum atomic E-state index is -0.250. The van der Waals surface area contributed by atoms with E-state index in [4.69, 9.17) is 0 Å². The molecule has 2 aliphatic rings. The number of hydrogen-bond donors (Lipinski definition) is 0. The Kier molecular flexibility index (Phi) is 5.52. The Bertz CT molecular complexity index is 835. The lowest BCUT2D eigenvalue weighted by Crippen LogP contribution is -2.50. The van der Waals surface area contributed by atoms with Crippen LogP contribution in [-0.4, -0.2) is 60.7 Å². The van der Waals surface area contributed by atoms with Crippen LogP contribution in [0.4, 0.5) is 11.4 Å². The van der Waals surface area contributed by atoms with Crippen molar-refractivity contribution in [3.63, 3.8) is 0 Å². The lowest BCUT2D eigenvalue weighted by Gasteiger charge is -2.37. The predicted molar refractivity (Wildman–Crippen MR) is 112 cm³/mol. The molecule has 1 aromatic heterocycles. The highest BCUT2D eigenvalue weighted by atomic mass is 32.2. The molecule has 6 nitrogen and oxygen atoms in total. The zero-order valence-electron chi connectivity index (χ0n) is 16.0. The van der Waals surface area contributed by atoms with Crippen molar-refractivity contribution in [3.8, 4) is 0 Å². The van der Waals surface area contributed by atoms with Crippen LogP contribution in [0.25, 0.3) is 0 Å². The van der Waals surface area contributed by atoms with E-state index in [-0.39, 0.29) is 17.7 Å². The van der Waals surface area contributed by atoms with Gasteiger partial charge < -0.3 is 14.7 Å². The number of aromatic nitrogens is 1. The topological polar surface area (TPSA) is 56.8 Å². The molecule has 0 saturated carbocycles. The summed E-state index contributed by atoms with van der Waals surface area (Å²) in [5.74, 6) is -0.114. The van der Waals surface area contributed by atoms with Crippen molar-refractivity contribution in [2.45, 2.75) is 11.3 Å². The number of benzene rings is 1. The van der Waals surface area contributed by atoms with Gasteiger partial charge in [-0.25, -0.2) is 0 Å². The van der Waals surface area contributed by atoms with Gasteiger partial charge in [0.1, 0.15) is 0 Å². The van der Waals surface area contributed by atoms with Crippen LogP contribution >= 0.6 is 11.8 Å². The summed E-state index contributed by atoms with van der Waals surface area (Å²) in [4.78, 5) is 36.6. The largest absolute Gasteiger partial charge is 0.368 e. The van der Waals surface area contributed by atoms with Gasteiger partial charge in [0.05, 0.1) is 5.92 Å². The molecule has 2 saturated heterocycles. The third-order valence-electron chi connectivity index (χ3n) is 5.48. The molecule has 2 aromatic rings. The number of piperazine rings is 1. The minimum absolute atomic E-state index is 0.0330. The van der Waals surface area contributed by atoms with Crippen molar-refractivity contribution in [2.75, 3.05) is 48.8 Å². The quantitative estimate of drug-likeness (QED) is 0.744. The van der Waals surface area contributed by atoms with Crippen LogP contribution in [0.1, 0.15) is 6.42 Å². The Morgan fingerprint density at radius 3 is 2.32 bits per heavy atom. The highest BCUT2D eigenvalue weighted by molar-refractivity contribution is 7.98. The maximum atomic E-state index is 13.0. The van der Waals surface area contributed by atoms with Crippen molar-refractivity contribution in [1.29, 1.82) is 0 Å². The number of nitrogens with zero attached hydrogens (tertiary/aromatic N) is 4. The van der Waals surface area contributed by atoms with Crippen LogP contribution in [0, 0.1) is 5.92 Å². The first-order valence-corrected chi connectivity index (χ1v) is 10.8. The number of rotatable bonds is 4. The molecular weight excluding hydrogens is 372 g/mol. The van der Waals surface area contributed by atoms with Crippen LogP contribution in [-0.2, 0) is 9.59 Å². The van der Waals surface area contributed by atoms with Crippen LogP contribution < -0.4 is 9.80 Å². The fraction of sp³-hybridized carbons (Fsp3) is 0.381. The number of anilines is 2. The number of carbonyl (C=O) groups is 2. The van der Waals surface area contributed by atoms with E-state index in [9.17, 15) is 9.59 Å². The zero-order chi connectivity index (χ0) is 19.5. The van der Waals surface area contributed by atoms with Gasteiger partial charge in [-0.3, -0.25) is 14.6 Å².